The Labute approximate surface area is 111 Å². The zero-order valence-electron chi connectivity index (χ0n) is 9.90. The lowest BCUT2D eigenvalue weighted by atomic mass is 10.1. The van der Waals surface area contributed by atoms with Gasteiger partial charge in [-0.05, 0) is 43.0 Å². The van der Waals surface area contributed by atoms with Crippen LogP contribution in [-0.2, 0) is 6.42 Å². The van der Waals surface area contributed by atoms with Gasteiger partial charge in [0.15, 0.2) is 0 Å². The van der Waals surface area contributed by atoms with Crippen molar-refractivity contribution in [1.82, 2.24) is 10.3 Å². The summed E-state index contributed by atoms with van der Waals surface area (Å²) >= 11 is 8.02. The highest BCUT2D eigenvalue weighted by molar-refractivity contribution is 7.10. The molecule has 0 amide bonds. The van der Waals surface area contributed by atoms with E-state index in [1.165, 1.54) is 10.4 Å². The van der Waals surface area contributed by atoms with Gasteiger partial charge in [-0.25, -0.2) is 0 Å². The van der Waals surface area contributed by atoms with Crippen molar-refractivity contribution in [2.24, 2.45) is 0 Å². The highest BCUT2D eigenvalue weighted by Gasteiger charge is 2.16. The second-order valence-corrected chi connectivity index (χ2v) is 5.29. The molecule has 0 fully saturated rings. The number of rotatable bonds is 4. The summed E-state index contributed by atoms with van der Waals surface area (Å²) in [5, 5.41) is 6.31. The smallest absolute Gasteiger partial charge is 0.0590 e. The third-order valence-electron chi connectivity index (χ3n) is 2.75. The first kappa shape index (κ1) is 12.6. The molecule has 0 bridgehead atoms. The zero-order valence-corrected chi connectivity index (χ0v) is 11.5. The summed E-state index contributed by atoms with van der Waals surface area (Å²) in [6.07, 6.45) is 4.60. The SMILES string of the molecule is CNC(Cc1cccnc1)c1scc(C)c1Cl. The number of pyridine rings is 1. The van der Waals surface area contributed by atoms with Crippen molar-refractivity contribution in [2.45, 2.75) is 19.4 Å². The third-order valence-corrected chi connectivity index (χ3v) is 4.58. The van der Waals surface area contributed by atoms with Gasteiger partial charge < -0.3 is 5.32 Å². The van der Waals surface area contributed by atoms with E-state index in [0.29, 0.717) is 0 Å². The molecule has 17 heavy (non-hydrogen) atoms. The van der Waals surface area contributed by atoms with Crippen molar-refractivity contribution < 1.29 is 0 Å². The van der Waals surface area contributed by atoms with E-state index in [2.05, 4.69) is 21.7 Å². The molecular weight excluding hydrogens is 252 g/mol. The maximum absolute atomic E-state index is 6.30. The van der Waals surface area contributed by atoms with E-state index >= 15 is 0 Å². The van der Waals surface area contributed by atoms with E-state index < -0.39 is 0 Å². The molecule has 1 atom stereocenters. The van der Waals surface area contributed by atoms with Crippen molar-refractivity contribution in [3.63, 3.8) is 0 Å². The van der Waals surface area contributed by atoms with Crippen LogP contribution in [0.1, 0.15) is 22.0 Å². The molecule has 90 valence electrons. The molecule has 2 rings (SSSR count). The fraction of sp³-hybridized carbons (Fsp3) is 0.308. The van der Waals surface area contributed by atoms with Crippen LogP contribution in [-0.4, -0.2) is 12.0 Å². The lowest BCUT2D eigenvalue weighted by Crippen LogP contribution is -2.18. The minimum Gasteiger partial charge on any atom is -0.312 e. The van der Waals surface area contributed by atoms with Crippen LogP contribution >= 0.6 is 22.9 Å². The van der Waals surface area contributed by atoms with E-state index in [1.54, 1.807) is 17.5 Å². The summed E-state index contributed by atoms with van der Waals surface area (Å²) in [5.74, 6) is 0. The van der Waals surface area contributed by atoms with E-state index in [0.717, 1.165) is 17.0 Å². The number of likely N-dealkylation sites (N-methyl/N-ethyl adjacent to an activating group) is 1. The summed E-state index contributed by atoms with van der Waals surface area (Å²) in [6.45, 7) is 2.04. The van der Waals surface area contributed by atoms with Gasteiger partial charge in [0.1, 0.15) is 0 Å². The van der Waals surface area contributed by atoms with Crippen molar-refractivity contribution >= 4 is 22.9 Å². The minimum atomic E-state index is 0.255. The van der Waals surface area contributed by atoms with Gasteiger partial charge in [0, 0.05) is 23.3 Å². The number of thiophene rings is 1. The predicted octanol–water partition coefficient (Wildman–Crippen LogP) is 3.61. The van der Waals surface area contributed by atoms with Crippen LogP contribution in [0.25, 0.3) is 0 Å². The average molecular weight is 267 g/mol. The first-order chi connectivity index (χ1) is 8.22. The Bertz CT molecular complexity index is 481. The van der Waals surface area contributed by atoms with Crippen molar-refractivity contribution in [2.75, 3.05) is 7.05 Å². The third kappa shape index (κ3) is 2.86. The molecule has 2 heterocycles. The molecule has 0 saturated carbocycles. The van der Waals surface area contributed by atoms with Gasteiger partial charge in [-0.1, -0.05) is 17.7 Å². The van der Waals surface area contributed by atoms with Crippen molar-refractivity contribution in [1.29, 1.82) is 0 Å². The number of aromatic nitrogens is 1. The molecule has 0 aliphatic rings. The Kier molecular flexibility index (Phi) is 4.15. The highest BCUT2D eigenvalue weighted by atomic mass is 35.5. The largest absolute Gasteiger partial charge is 0.312 e. The van der Waals surface area contributed by atoms with Crippen LogP contribution in [0.4, 0.5) is 0 Å². The predicted molar refractivity (Wildman–Crippen MR) is 73.8 cm³/mol. The summed E-state index contributed by atoms with van der Waals surface area (Å²) < 4.78 is 0. The standard InChI is InChI=1S/C13H15ClN2S/c1-9-8-17-13(12(9)14)11(15-2)6-10-4-3-5-16-7-10/h3-5,7-8,11,15H,6H2,1-2H3. The summed E-state index contributed by atoms with van der Waals surface area (Å²) in [6, 6.07) is 4.31. The molecule has 4 heteroatoms. The Morgan fingerprint density at radius 2 is 2.35 bits per heavy atom. The fourth-order valence-electron chi connectivity index (χ4n) is 1.77. The van der Waals surface area contributed by atoms with Crippen molar-refractivity contribution in [3.05, 3.63) is 50.9 Å². The van der Waals surface area contributed by atoms with E-state index in [1.807, 2.05) is 26.2 Å². The number of hydrogen-bond donors (Lipinski definition) is 1. The number of aryl methyl sites for hydroxylation is 1. The van der Waals surface area contributed by atoms with Crippen molar-refractivity contribution in [3.8, 4) is 0 Å². The summed E-state index contributed by atoms with van der Waals surface area (Å²) in [7, 11) is 1.96. The van der Waals surface area contributed by atoms with Gasteiger partial charge in [0.25, 0.3) is 0 Å². The molecule has 2 nitrogen and oxygen atoms in total. The number of nitrogens with one attached hydrogen (secondary N) is 1. The molecule has 1 N–H and O–H groups in total. The van der Waals surface area contributed by atoms with Gasteiger partial charge in [0.2, 0.25) is 0 Å². The van der Waals surface area contributed by atoms with Crippen LogP contribution in [0.15, 0.2) is 29.9 Å². The average Bonchev–Trinajstić information content (AvgIpc) is 2.69. The molecule has 0 aromatic carbocycles. The van der Waals surface area contributed by atoms with Crippen LogP contribution < -0.4 is 5.32 Å². The molecule has 2 aromatic heterocycles. The number of halogens is 1. The molecule has 1 unspecified atom stereocenters. The van der Waals surface area contributed by atoms with Crippen LogP contribution in [0.5, 0.6) is 0 Å². The molecular formula is C13H15ClN2S. The minimum absolute atomic E-state index is 0.255. The second kappa shape index (κ2) is 5.63. The quantitative estimate of drug-likeness (QED) is 0.915. The molecule has 0 radical (unpaired) electrons. The molecule has 0 aliphatic heterocycles. The second-order valence-electron chi connectivity index (χ2n) is 4.00. The topological polar surface area (TPSA) is 24.9 Å². The van der Waals surface area contributed by atoms with Crippen LogP contribution in [0, 0.1) is 6.92 Å². The van der Waals surface area contributed by atoms with E-state index in [4.69, 9.17) is 11.6 Å². The first-order valence-electron chi connectivity index (χ1n) is 5.52. The molecule has 0 spiro atoms. The lowest BCUT2D eigenvalue weighted by molar-refractivity contribution is 0.601. The summed E-state index contributed by atoms with van der Waals surface area (Å²) in [4.78, 5) is 5.34. The number of nitrogens with zero attached hydrogens (tertiary/aromatic N) is 1. The molecule has 2 aromatic rings. The van der Waals surface area contributed by atoms with Crippen LogP contribution in [0.3, 0.4) is 0 Å². The Morgan fingerprint density at radius 1 is 1.53 bits per heavy atom. The van der Waals surface area contributed by atoms with E-state index in [9.17, 15) is 0 Å². The first-order valence-corrected chi connectivity index (χ1v) is 6.77. The van der Waals surface area contributed by atoms with Gasteiger partial charge in [-0.15, -0.1) is 11.3 Å². The van der Waals surface area contributed by atoms with Gasteiger partial charge in [0.05, 0.1) is 5.02 Å². The lowest BCUT2D eigenvalue weighted by Gasteiger charge is -2.15. The number of hydrogen-bond acceptors (Lipinski definition) is 3. The normalized spacial score (nSPS) is 12.6. The Balaban J connectivity index is 2.20. The van der Waals surface area contributed by atoms with Crippen LogP contribution in [0.2, 0.25) is 5.02 Å². The molecule has 0 aliphatic carbocycles. The fourth-order valence-corrected chi connectivity index (χ4v) is 3.20. The van der Waals surface area contributed by atoms with E-state index in [-0.39, 0.29) is 6.04 Å². The summed E-state index contributed by atoms with van der Waals surface area (Å²) in [5.41, 5.74) is 2.37. The Hall–Kier alpha value is -0.900. The maximum Gasteiger partial charge on any atom is 0.0590 e. The van der Waals surface area contributed by atoms with Gasteiger partial charge >= 0.3 is 0 Å². The maximum atomic E-state index is 6.30. The van der Waals surface area contributed by atoms with Gasteiger partial charge in [-0.2, -0.15) is 0 Å². The van der Waals surface area contributed by atoms with Gasteiger partial charge in [-0.3, -0.25) is 4.98 Å². The monoisotopic (exact) mass is 266 g/mol. The zero-order chi connectivity index (χ0) is 12.3. The molecule has 0 saturated heterocycles. The highest BCUT2D eigenvalue weighted by Crippen LogP contribution is 2.33. The Morgan fingerprint density at radius 3 is 2.88 bits per heavy atom.